The van der Waals surface area contributed by atoms with E-state index in [4.69, 9.17) is 0 Å². The fraction of sp³-hybridized carbons (Fsp3) is 1.00. The van der Waals surface area contributed by atoms with Crippen LogP contribution in [0.15, 0.2) is 0 Å². The Bertz CT molecular complexity index is 252. The molecule has 0 radical (unpaired) electrons. The number of nitrogens with one attached hydrogen (secondary N) is 1. The van der Waals surface area contributed by atoms with Crippen molar-refractivity contribution < 1.29 is 0 Å². The second-order valence-electron chi connectivity index (χ2n) is 7.73. The average Bonchev–Trinajstić information content (AvgIpc) is 2.39. The molecule has 112 valence electrons. The highest BCUT2D eigenvalue weighted by Crippen LogP contribution is 2.35. The summed E-state index contributed by atoms with van der Waals surface area (Å²) in [6.45, 7) is 9.64. The van der Waals surface area contributed by atoms with Crippen molar-refractivity contribution in [3.8, 4) is 0 Å². The second kappa shape index (κ2) is 7.11. The van der Waals surface area contributed by atoms with E-state index in [0.29, 0.717) is 0 Å². The topological polar surface area (TPSA) is 12.0 Å². The quantitative estimate of drug-likeness (QED) is 0.754. The molecular weight excluding hydrogens is 230 g/mol. The lowest BCUT2D eigenvalue weighted by Crippen LogP contribution is -2.48. The highest BCUT2D eigenvalue weighted by atomic mass is 15.0. The van der Waals surface area contributed by atoms with E-state index >= 15 is 0 Å². The third-order valence-corrected chi connectivity index (χ3v) is 5.90. The maximum absolute atomic E-state index is 4.06. The van der Waals surface area contributed by atoms with Crippen molar-refractivity contribution >= 4 is 0 Å². The summed E-state index contributed by atoms with van der Waals surface area (Å²) in [6, 6.07) is 1.62. The summed E-state index contributed by atoms with van der Waals surface area (Å²) in [5.41, 5.74) is 0. The molecular formula is C18H35N. The zero-order chi connectivity index (χ0) is 13.8. The lowest BCUT2D eigenvalue weighted by atomic mass is 9.73. The standard InChI is InChI=1S/C18H35N/c1-5-15-7-9-16(10-8-15)19-18-12-14(4)6-11-17(18)13(2)3/h13-19H,5-12H2,1-4H3. The van der Waals surface area contributed by atoms with Gasteiger partial charge in [-0.2, -0.15) is 0 Å². The van der Waals surface area contributed by atoms with E-state index in [1.807, 2.05) is 0 Å². The van der Waals surface area contributed by atoms with Gasteiger partial charge >= 0.3 is 0 Å². The predicted octanol–water partition coefficient (Wildman–Crippen LogP) is 5.01. The minimum absolute atomic E-state index is 0.798. The first kappa shape index (κ1) is 15.4. The number of hydrogen-bond donors (Lipinski definition) is 1. The van der Waals surface area contributed by atoms with Gasteiger partial charge in [0.2, 0.25) is 0 Å². The Morgan fingerprint density at radius 1 is 1.00 bits per heavy atom. The summed E-state index contributed by atoms with van der Waals surface area (Å²) in [7, 11) is 0. The Hall–Kier alpha value is -0.0400. The molecule has 0 spiro atoms. The van der Waals surface area contributed by atoms with E-state index in [-0.39, 0.29) is 0 Å². The van der Waals surface area contributed by atoms with E-state index in [1.165, 1.54) is 51.4 Å². The maximum atomic E-state index is 4.06. The summed E-state index contributed by atoms with van der Waals surface area (Å²) in [5, 5.41) is 4.06. The largest absolute Gasteiger partial charge is 0.311 e. The van der Waals surface area contributed by atoms with E-state index in [1.54, 1.807) is 0 Å². The number of hydrogen-bond acceptors (Lipinski definition) is 1. The number of rotatable bonds is 4. The van der Waals surface area contributed by atoms with Gasteiger partial charge in [0, 0.05) is 12.1 Å². The minimum Gasteiger partial charge on any atom is -0.311 e. The Morgan fingerprint density at radius 2 is 1.68 bits per heavy atom. The molecule has 0 aliphatic heterocycles. The summed E-state index contributed by atoms with van der Waals surface area (Å²) < 4.78 is 0. The van der Waals surface area contributed by atoms with Crippen molar-refractivity contribution in [1.82, 2.24) is 5.32 Å². The summed E-state index contributed by atoms with van der Waals surface area (Å²) in [5.74, 6) is 3.71. The van der Waals surface area contributed by atoms with Crippen LogP contribution in [0.1, 0.15) is 79.1 Å². The van der Waals surface area contributed by atoms with Gasteiger partial charge in [-0.15, -0.1) is 0 Å². The minimum atomic E-state index is 0.798. The maximum Gasteiger partial charge on any atom is 0.0103 e. The van der Waals surface area contributed by atoms with Gasteiger partial charge < -0.3 is 5.32 Å². The van der Waals surface area contributed by atoms with Crippen molar-refractivity contribution in [2.75, 3.05) is 0 Å². The normalized spacial score (nSPS) is 40.6. The van der Waals surface area contributed by atoms with Gasteiger partial charge in [0.25, 0.3) is 0 Å². The lowest BCUT2D eigenvalue weighted by molar-refractivity contribution is 0.144. The molecule has 0 saturated heterocycles. The average molecular weight is 265 g/mol. The molecule has 2 fully saturated rings. The van der Waals surface area contributed by atoms with Crippen LogP contribution in [0.4, 0.5) is 0 Å². The van der Waals surface area contributed by atoms with E-state index in [0.717, 1.165) is 35.8 Å². The fourth-order valence-electron chi connectivity index (χ4n) is 4.43. The van der Waals surface area contributed by atoms with Crippen LogP contribution in [0.2, 0.25) is 0 Å². The molecule has 0 bridgehead atoms. The zero-order valence-electron chi connectivity index (χ0n) is 13.6. The van der Waals surface area contributed by atoms with E-state index < -0.39 is 0 Å². The van der Waals surface area contributed by atoms with Crippen LogP contribution in [0, 0.1) is 23.7 Å². The predicted molar refractivity (Wildman–Crippen MR) is 84.3 cm³/mol. The Balaban J connectivity index is 1.85. The molecule has 0 aromatic heterocycles. The van der Waals surface area contributed by atoms with Gasteiger partial charge in [-0.3, -0.25) is 0 Å². The van der Waals surface area contributed by atoms with Crippen LogP contribution in [-0.2, 0) is 0 Å². The van der Waals surface area contributed by atoms with Gasteiger partial charge in [-0.05, 0) is 62.2 Å². The summed E-state index contributed by atoms with van der Waals surface area (Å²) in [6.07, 6.45) is 11.5. The van der Waals surface area contributed by atoms with Crippen LogP contribution in [-0.4, -0.2) is 12.1 Å². The molecule has 2 aliphatic rings. The van der Waals surface area contributed by atoms with Crippen molar-refractivity contribution in [2.45, 2.75) is 91.1 Å². The molecule has 1 N–H and O–H groups in total. The Labute approximate surface area is 120 Å². The molecule has 3 atom stereocenters. The molecule has 19 heavy (non-hydrogen) atoms. The first-order chi connectivity index (χ1) is 9.10. The Morgan fingerprint density at radius 3 is 2.26 bits per heavy atom. The van der Waals surface area contributed by atoms with Gasteiger partial charge in [-0.1, -0.05) is 40.5 Å². The fourth-order valence-corrected chi connectivity index (χ4v) is 4.43. The molecule has 0 amide bonds. The van der Waals surface area contributed by atoms with Gasteiger partial charge in [0.05, 0.1) is 0 Å². The van der Waals surface area contributed by atoms with Crippen LogP contribution < -0.4 is 5.32 Å². The molecule has 0 heterocycles. The SMILES string of the molecule is CCC1CCC(NC2CC(C)CCC2C(C)C)CC1. The second-order valence-corrected chi connectivity index (χ2v) is 7.73. The highest BCUT2D eigenvalue weighted by Gasteiger charge is 2.32. The first-order valence-electron chi connectivity index (χ1n) is 8.86. The summed E-state index contributed by atoms with van der Waals surface area (Å²) >= 11 is 0. The van der Waals surface area contributed by atoms with Crippen molar-refractivity contribution in [2.24, 2.45) is 23.7 Å². The van der Waals surface area contributed by atoms with Gasteiger partial charge in [0.15, 0.2) is 0 Å². The van der Waals surface area contributed by atoms with Crippen LogP contribution >= 0.6 is 0 Å². The molecule has 1 heteroatoms. The van der Waals surface area contributed by atoms with Crippen LogP contribution in [0.25, 0.3) is 0 Å². The Kier molecular flexibility index (Phi) is 5.74. The third-order valence-electron chi connectivity index (χ3n) is 5.90. The van der Waals surface area contributed by atoms with E-state index in [2.05, 4.69) is 33.0 Å². The molecule has 2 aliphatic carbocycles. The van der Waals surface area contributed by atoms with Crippen molar-refractivity contribution in [3.05, 3.63) is 0 Å². The van der Waals surface area contributed by atoms with Crippen LogP contribution in [0.3, 0.4) is 0 Å². The highest BCUT2D eigenvalue weighted by molar-refractivity contribution is 4.89. The summed E-state index contributed by atoms with van der Waals surface area (Å²) in [4.78, 5) is 0. The monoisotopic (exact) mass is 265 g/mol. The lowest BCUT2D eigenvalue weighted by Gasteiger charge is -2.41. The molecule has 1 nitrogen and oxygen atoms in total. The van der Waals surface area contributed by atoms with Gasteiger partial charge in [0.1, 0.15) is 0 Å². The van der Waals surface area contributed by atoms with Gasteiger partial charge in [-0.25, -0.2) is 0 Å². The molecule has 2 rings (SSSR count). The van der Waals surface area contributed by atoms with Crippen molar-refractivity contribution in [1.29, 1.82) is 0 Å². The van der Waals surface area contributed by atoms with E-state index in [9.17, 15) is 0 Å². The van der Waals surface area contributed by atoms with Crippen LogP contribution in [0.5, 0.6) is 0 Å². The zero-order valence-corrected chi connectivity index (χ0v) is 13.6. The van der Waals surface area contributed by atoms with Crippen molar-refractivity contribution in [3.63, 3.8) is 0 Å². The first-order valence-corrected chi connectivity index (χ1v) is 8.86. The molecule has 3 unspecified atom stereocenters. The molecule has 2 saturated carbocycles. The smallest absolute Gasteiger partial charge is 0.0103 e. The molecule has 0 aromatic carbocycles. The third kappa shape index (κ3) is 4.21. The molecule has 0 aromatic rings.